The van der Waals surface area contributed by atoms with Crippen LogP contribution in [0, 0.1) is 0 Å². The topological polar surface area (TPSA) is 69.6 Å². The Balaban J connectivity index is 1.91. The van der Waals surface area contributed by atoms with Gasteiger partial charge in [-0.2, -0.15) is 11.8 Å². The predicted molar refractivity (Wildman–Crippen MR) is 83.3 cm³/mol. The number of hydrogen-bond donors (Lipinski definition) is 2. The molecule has 0 spiro atoms. The normalized spacial score (nSPS) is 21.9. The van der Waals surface area contributed by atoms with Crippen LogP contribution < -0.4 is 5.32 Å². The van der Waals surface area contributed by atoms with Crippen molar-refractivity contribution in [3.8, 4) is 0 Å². The van der Waals surface area contributed by atoms with E-state index in [2.05, 4.69) is 5.32 Å². The third-order valence-electron chi connectivity index (χ3n) is 3.51. The van der Waals surface area contributed by atoms with Gasteiger partial charge in [-0.3, -0.25) is 9.59 Å². The van der Waals surface area contributed by atoms with E-state index in [0.717, 1.165) is 0 Å². The monoisotopic (exact) mass is 308 g/mol. The molecule has 2 N–H and O–H groups in total. The highest BCUT2D eigenvalue weighted by Gasteiger charge is 2.31. The molecule has 0 aliphatic carbocycles. The van der Waals surface area contributed by atoms with Crippen LogP contribution in [-0.4, -0.2) is 59.1 Å². The number of benzene rings is 1. The first-order valence-electron chi connectivity index (χ1n) is 6.92. The number of nitrogens with one attached hydrogen (secondary N) is 1. The van der Waals surface area contributed by atoms with Crippen molar-refractivity contribution < 1.29 is 14.7 Å². The Morgan fingerprint density at radius 1 is 1.38 bits per heavy atom. The van der Waals surface area contributed by atoms with E-state index in [0.29, 0.717) is 24.3 Å². The summed E-state index contributed by atoms with van der Waals surface area (Å²) < 4.78 is 0. The molecule has 1 heterocycles. The van der Waals surface area contributed by atoms with E-state index in [1.165, 1.54) is 11.8 Å². The number of β-amino-alcohol motifs (C(OH)–C–C–N with tert-alkyl or cyclic N) is 1. The number of nitrogens with zero attached hydrogens (tertiary/aromatic N) is 1. The summed E-state index contributed by atoms with van der Waals surface area (Å²) in [5.41, 5.74) is 0.620. The highest BCUT2D eigenvalue weighted by Crippen LogP contribution is 2.15. The van der Waals surface area contributed by atoms with Crippen LogP contribution in [-0.2, 0) is 4.79 Å². The molecule has 0 aromatic heterocycles. The van der Waals surface area contributed by atoms with Crippen molar-refractivity contribution in [2.45, 2.75) is 18.6 Å². The van der Waals surface area contributed by atoms with Crippen LogP contribution in [0.2, 0.25) is 0 Å². The summed E-state index contributed by atoms with van der Waals surface area (Å²) in [6.07, 6.45) is 1.70. The van der Waals surface area contributed by atoms with Crippen molar-refractivity contribution in [2.24, 2.45) is 0 Å². The van der Waals surface area contributed by atoms with Gasteiger partial charge < -0.3 is 15.3 Å². The lowest BCUT2D eigenvalue weighted by molar-refractivity contribution is -0.120. The zero-order valence-electron chi connectivity index (χ0n) is 12.0. The molecule has 2 amide bonds. The zero-order chi connectivity index (χ0) is 15.2. The third kappa shape index (κ3) is 4.22. The second-order valence-corrected chi connectivity index (χ2v) is 5.95. The molecular weight excluding hydrogens is 288 g/mol. The number of likely N-dealkylation sites (tertiary alicyclic amines) is 1. The lowest BCUT2D eigenvalue weighted by atomic mass is 10.0. The van der Waals surface area contributed by atoms with Crippen molar-refractivity contribution in [3.05, 3.63) is 35.9 Å². The summed E-state index contributed by atoms with van der Waals surface area (Å²) in [7, 11) is 0. The largest absolute Gasteiger partial charge is 0.389 e. The Kier molecular flexibility index (Phi) is 5.64. The Morgan fingerprint density at radius 2 is 2.10 bits per heavy atom. The minimum atomic E-state index is -0.725. The number of amides is 2. The Labute approximate surface area is 128 Å². The number of carbonyl (C=O) groups excluding carboxylic acids is 2. The molecule has 1 saturated heterocycles. The maximum atomic E-state index is 12.3. The van der Waals surface area contributed by atoms with Crippen LogP contribution in [0.4, 0.5) is 0 Å². The zero-order valence-corrected chi connectivity index (χ0v) is 12.8. The van der Waals surface area contributed by atoms with Crippen LogP contribution in [0.25, 0.3) is 0 Å². The molecule has 114 valence electrons. The number of thioether (sulfide) groups is 1. The molecule has 1 aliphatic heterocycles. The maximum Gasteiger partial charge on any atom is 0.253 e. The van der Waals surface area contributed by atoms with Gasteiger partial charge in [-0.1, -0.05) is 18.2 Å². The van der Waals surface area contributed by atoms with Gasteiger partial charge in [-0.15, -0.1) is 0 Å². The molecule has 1 aromatic carbocycles. The van der Waals surface area contributed by atoms with Crippen LogP contribution in [0.1, 0.15) is 16.8 Å². The number of hydrogen-bond acceptors (Lipinski definition) is 4. The van der Waals surface area contributed by atoms with Crippen molar-refractivity contribution in [3.63, 3.8) is 0 Å². The molecule has 5 nitrogen and oxygen atoms in total. The van der Waals surface area contributed by atoms with E-state index in [4.69, 9.17) is 0 Å². The van der Waals surface area contributed by atoms with Crippen molar-refractivity contribution in [1.29, 1.82) is 0 Å². The maximum absolute atomic E-state index is 12.3. The van der Waals surface area contributed by atoms with Gasteiger partial charge in [0.15, 0.2) is 0 Å². The summed E-state index contributed by atoms with van der Waals surface area (Å²) in [6.45, 7) is 0.785. The first-order chi connectivity index (χ1) is 10.1. The fourth-order valence-electron chi connectivity index (χ4n) is 2.43. The molecule has 1 fully saturated rings. The van der Waals surface area contributed by atoms with Crippen LogP contribution in [0.15, 0.2) is 30.3 Å². The van der Waals surface area contributed by atoms with Crippen LogP contribution in [0.3, 0.4) is 0 Å². The molecule has 2 atom stereocenters. The fraction of sp³-hybridized carbons (Fsp3) is 0.467. The minimum Gasteiger partial charge on any atom is -0.389 e. The predicted octanol–water partition coefficient (Wildman–Crippen LogP) is 0.741. The summed E-state index contributed by atoms with van der Waals surface area (Å²) in [6, 6.07) is 8.75. The highest BCUT2D eigenvalue weighted by molar-refractivity contribution is 7.99. The number of aliphatic hydroxyl groups is 1. The number of aliphatic hydroxyl groups excluding tert-OH is 1. The van der Waals surface area contributed by atoms with E-state index in [-0.39, 0.29) is 24.4 Å². The van der Waals surface area contributed by atoms with E-state index >= 15 is 0 Å². The average molecular weight is 308 g/mol. The molecule has 6 heteroatoms. The molecule has 1 aliphatic rings. The number of rotatable bonds is 4. The summed E-state index contributed by atoms with van der Waals surface area (Å²) in [5, 5.41) is 13.0. The van der Waals surface area contributed by atoms with Crippen molar-refractivity contribution >= 4 is 23.6 Å². The number of piperidine rings is 1. The van der Waals surface area contributed by atoms with Gasteiger partial charge in [0.2, 0.25) is 5.91 Å². The van der Waals surface area contributed by atoms with Crippen LogP contribution >= 0.6 is 11.8 Å². The van der Waals surface area contributed by atoms with Crippen molar-refractivity contribution in [2.75, 3.05) is 25.1 Å². The SMILES string of the molecule is CSCC(=O)N[C@@H]1CCN(C(=O)c2ccccc2)C[C@H]1O. The minimum absolute atomic E-state index is 0.0746. The molecule has 21 heavy (non-hydrogen) atoms. The summed E-state index contributed by atoms with van der Waals surface area (Å²) >= 11 is 1.44. The van der Waals surface area contributed by atoms with Crippen molar-refractivity contribution in [1.82, 2.24) is 10.2 Å². The number of carbonyl (C=O) groups is 2. The lowest BCUT2D eigenvalue weighted by Gasteiger charge is -2.36. The third-order valence-corrected chi connectivity index (χ3v) is 4.06. The fourth-order valence-corrected chi connectivity index (χ4v) is 2.77. The van der Waals surface area contributed by atoms with Gasteiger partial charge in [0, 0.05) is 18.7 Å². The van der Waals surface area contributed by atoms with Crippen LogP contribution in [0.5, 0.6) is 0 Å². The molecule has 0 radical (unpaired) electrons. The summed E-state index contributed by atoms with van der Waals surface area (Å²) in [4.78, 5) is 25.5. The molecule has 2 rings (SSSR count). The summed E-state index contributed by atoms with van der Waals surface area (Å²) in [5.74, 6) is 0.230. The van der Waals surface area contributed by atoms with Gasteiger partial charge in [-0.05, 0) is 24.8 Å². The van der Waals surface area contributed by atoms with Gasteiger partial charge >= 0.3 is 0 Å². The molecule has 0 unspecified atom stereocenters. The Hall–Kier alpha value is -1.53. The lowest BCUT2D eigenvalue weighted by Crippen LogP contribution is -2.55. The Bertz CT molecular complexity index is 495. The molecule has 1 aromatic rings. The van der Waals surface area contributed by atoms with Gasteiger partial charge in [0.1, 0.15) is 0 Å². The van der Waals surface area contributed by atoms with E-state index in [1.54, 1.807) is 17.0 Å². The van der Waals surface area contributed by atoms with Gasteiger partial charge in [0.05, 0.1) is 17.9 Å². The van der Waals surface area contributed by atoms with E-state index in [1.807, 2.05) is 24.5 Å². The first kappa shape index (κ1) is 15.9. The smallest absolute Gasteiger partial charge is 0.253 e. The second kappa shape index (κ2) is 7.47. The van der Waals surface area contributed by atoms with Gasteiger partial charge in [0.25, 0.3) is 5.91 Å². The Morgan fingerprint density at radius 3 is 2.71 bits per heavy atom. The van der Waals surface area contributed by atoms with Gasteiger partial charge in [-0.25, -0.2) is 0 Å². The van der Waals surface area contributed by atoms with E-state index < -0.39 is 6.10 Å². The van der Waals surface area contributed by atoms with E-state index in [9.17, 15) is 14.7 Å². The quantitative estimate of drug-likeness (QED) is 0.861. The highest BCUT2D eigenvalue weighted by atomic mass is 32.2. The standard InChI is InChI=1S/C15H20N2O3S/c1-21-10-14(19)16-12-7-8-17(9-13(12)18)15(20)11-5-3-2-4-6-11/h2-6,12-13,18H,7-10H2,1H3,(H,16,19)/t12-,13-/m1/s1. The molecular formula is C15H20N2O3S. The average Bonchev–Trinajstić information content (AvgIpc) is 2.50. The molecule has 0 bridgehead atoms. The first-order valence-corrected chi connectivity index (χ1v) is 8.32. The second-order valence-electron chi connectivity index (χ2n) is 5.08. The molecule has 0 saturated carbocycles.